The van der Waals surface area contributed by atoms with Gasteiger partial charge in [0.05, 0.1) is 0 Å². The molecule has 10 heavy (non-hydrogen) atoms. The second kappa shape index (κ2) is 2.40. The number of halogens is 2. The van der Waals surface area contributed by atoms with Crippen molar-refractivity contribution < 1.29 is 21.8 Å². The van der Waals surface area contributed by atoms with Crippen molar-refractivity contribution in [1.82, 2.24) is 0 Å². The number of nitrogens with two attached hydrogens (primary N) is 1. The molecular weight excluding hydrogens is 168 g/mol. The molecule has 0 spiro atoms. The van der Waals surface area contributed by atoms with Crippen molar-refractivity contribution in [3.63, 3.8) is 0 Å². The Bertz CT molecular complexity index is 206. The van der Waals surface area contributed by atoms with E-state index in [-0.39, 0.29) is 0 Å². The maximum atomic E-state index is 11.9. The highest BCUT2D eigenvalue weighted by Crippen LogP contribution is 2.18. The van der Waals surface area contributed by atoms with E-state index in [1.165, 1.54) is 0 Å². The molecule has 0 rings (SSSR count). The Labute approximate surface area is 56.8 Å². The summed E-state index contributed by atoms with van der Waals surface area (Å²) in [6, 6.07) is 0. The highest BCUT2D eigenvalue weighted by molar-refractivity contribution is 7.86. The highest BCUT2D eigenvalue weighted by atomic mass is 32.2. The summed E-state index contributed by atoms with van der Waals surface area (Å²) in [5, 5.41) is -2.54. The van der Waals surface area contributed by atoms with Crippen molar-refractivity contribution in [2.24, 2.45) is 5.73 Å². The Kier molecular flexibility index (Phi) is 2.34. The normalized spacial score (nSPS) is 16.9. The Morgan fingerprint density at radius 1 is 1.60 bits per heavy atom. The lowest BCUT2D eigenvalue weighted by atomic mass is 10.4. The summed E-state index contributed by atoms with van der Waals surface area (Å²) in [6.07, 6.45) is 0. The van der Waals surface area contributed by atoms with E-state index in [0.29, 0.717) is 6.92 Å². The van der Waals surface area contributed by atoms with E-state index in [0.717, 1.165) is 0 Å². The van der Waals surface area contributed by atoms with E-state index in [2.05, 4.69) is 5.73 Å². The molecule has 0 saturated carbocycles. The predicted octanol–water partition coefficient (Wildman–Crippen LogP) is -0.186. The van der Waals surface area contributed by atoms with E-state index in [4.69, 9.17) is 4.55 Å². The second-order valence-electron chi connectivity index (χ2n) is 1.89. The number of rotatable bonds is 2. The molecule has 4 nitrogen and oxygen atoms in total. The van der Waals surface area contributed by atoms with Gasteiger partial charge in [-0.05, 0) is 0 Å². The maximum absolute atomic E-state index is 11.9. The standard InChI is InChI=1S/C3H7F2NO3S/c1-3(4,5)2(6)10(7,8)9/h2H,6H2,1H3,(H,7,8,9). The van der Waals surface area contributed by atoms with Gasteiger partial charge < -0.3 is 5.73 Å². The van der Waals surface area contributed by atoms with Crippen molar-refractivity contribution in [2.75, 3.05) is 0 Å². The smallest absolute Gasteiger partial charge is 0.286 e. The SMILES string of the molecule is CC(F)(F)C(N)S(=O)(=O)O. The van der Waals surface area contributed by atoms with Crippen molar-refractivity contribution in [1.29, 1.82) is 0 Å². The zero-order chi connectivity index (χ0) is 8.58. The summed E-state index contributed by atoms with van der Waals surface area (Å²) < 4.78 is 51.7. The molecule has 0 aliphatic rings. The first kappa shape index (κ1) is 9.73. The first-order chi connectivity index (χ1) is 4.15. The first-order valence-electron chi connectivity index (χ1n) is 2.25. The molecule has 3 N–H and O–H groups in total. The fourth-order valence-electron chi connectivity index (χ4n) is 0.262. The molecule has 0 aliphatic carbocycles. The van der Waals surface area contributed by atoms with Crippen LogP contribution < -0.4 is 5.73 Å². The van der Waals surface area contributed by atoms with Crippen LogP contribution in [-0.2, 0) is 10.1 Å². The van der Waals surface area contributed by atoms with Crippen LogP contribution >= 0.6 is 0 Å². The van der Waals surface area contributed by atoms with Crippen LogP contribution in [0.2, 0.25) is 0 Å². The predicted molar refractivity (Wildman–Crippen MR) is 30.1 cm³/mol. The molecule has 0 bridgehead atoms. The van der Waals surface area contributed by atoms with Crippen molar-refractivity contribution in [2.45, 2.75) is 18.2 Å². The van der Waals surface area contributed by atoms with Crippen molar-refractivity contribution >= 4 is 10.1 Å². The third-order valence-electron chi connectivity index (χ3n) is 0.820. The van der Waals surface area contributed by atoms with Gasteiger partial charge >= 0.3 is 0 Å². The summed E-state index contributed by atoms with van der Waals surface area (Å²) in [4.78, 5) is 0. The van der Waals surface area contributed by atoms with E-state index in [1.54, 1.807) is 0 Å². The van der Waals surface area contributed by atoms with Gasteiger partial charge in [0.25, 0.3) is 16.0 Å². The van der Waals surface area contributed by atoms with Crippen LogP contribution in [0.15, 0.2) is 0 Å². The summed E-state index contributed by atoms with van der Waals surface area (Å²) in [5.41, 5.74) is 4.44. The third-order valence-corrected chi connectivity index (χ3v) is 1.88. The zero-order valence-electron chi connectivity index (χ0n) is 5.08. The van der Waals surface area contributed by atoms with Gasteiger partial charge in [0.1, 0.15) is 0 Å². The highest BCUT2D eigenvalue weighted by Gasteiger charge is 2.40. The van der Waals surface area contributed by atoms with Gasteiger partial charge in [-0.15, -0.1) is 0 Å². The molecule has 0 radical (unpaired) electrons. The molecule has 62 valence electrons. The Balaban J connectivity index is 4.56. The lowest BCUT2D eigenvalue weighted by Crippen LogP contribution is -2.44. The van der Waals surface area contributed by atoms with E-state index >= 15 is 0 Å². The Morgan fingerprint density at radius 2 is 1.90 bits per heavy atom. The molecule has 1 unspecified atom stereocenters. The van der Waals surface area contributed by atoms with Crippen LogP contribution in [0, 0.1) is 0 Å². The molecule has 0 aliphatic heterocycles. The second-order valence-corrected chi connectivity index (χ2v) is 3.43. The summed E-state index contributed by atoms with van der Waals surface area (Å²) in [5.74, 6) is -3.62. The van der Waals surface area contributed by atoms with Crippen LogP contribution in [-0.4, -0.2) is 24.3 Å². The lowest BCUT2D eigenvalue weighted by molar-refractivity contribution is 0.0166. The molecule has 0 saturated heterocycles. The molecule has 0 aromatic heterocycles. The van der Waals surface area contributed by atoms with Gasteiger partial charge in [0.15, 0.2) is 5.37 Å². The van der Waals surface area contributed by atoms with Gasteiger partial charge in [0, 0.05) is 6.92 Å². The fraction of sp³-hybridized carbons (Fsp3) is 1.00. The van der Waals surface area contributed by atoms with E-state index < -0.39 is 21.4 Å². The topological polar surface area (TPSA) is 80.4 Å². The minimum atomic E-state index is -4.83. The molecule has 1 atom stereocenters. The summed E-state index contributed by atoms with van der Waals surface area (Å²) in [7, 11) is -4.83. The lowest BCUT2D eigenvalue weighted by Gasteiger charge is -2.15. The van der Waals surface area contributed by atoms with Gasteiger partial charge in [0.2, 0.25) is 0 Å². The fourth-order valence-corrected chi connectivity index (χ4v) is 0.785. The van der Waals surface area contributed by atoms with Crippen LogP contribution in [0.5, 0.6) is 0 Å². The largest absolute Gasteiger partial charge is 0.308 e. The minimum Gasteiger partial charge on any atom is -0.308 e. The number of hydrogen-bond donors (Lipinski definition) is 2. The summed E-state index contributed by atoms with van der Waals surface area (Å²) in [6.45, 7) is 0.311. The maximum Gasteiger partial charge on any atom is 0.286 e. The molecule has 0 heterocycles. The molecule has 0 aromatic rings. The molecule has 0 aromatic carbocycles. The average Bonchev–Trinajstić information content (AvgIpc) is 1.59. The molecular formula is C3H7F2NO3S. The van der Waals surface area contributed by atoms with Crippen molar-refractivity contribution in [3.8, 4) is 0 Å². The first-order valence-corrected chi connectivity index (χ1v) is 3.75. The summed E-state index contributed by atoms with van der Waals surface area (Å²) >= 11 is 0. The quantitative estimate of drug-likeness (QED) is 0.570. The number of hydrogen-bond acceptors (Lipinski definition) is 3. The van der Waals surface area contributed by atoms with Crippen LogP contribution in [0.1, 0.15) is 6.92 Å². The molecule has 7 heteroatoms. The average molecular weight is 175 g/mol. The van der Waals surface area contributed by atoms with E-state index in [9.17, 15) is 17.2 Å². The van der Waals surface area contributed by atoms with Crippen LogP contribution in [0.3, 0.4) is 0 Å². The van der Waals surface area contributed by atoms with Gasteiger partial charge in [-0.3, -0.25) is 4.55 Å². The van der Waals surface area contributed by atoms with Gasteiger partial charge in [-0.25, -0.2) is 8.78 Å². The molecule has 0 amide bonds. The van der Waals surface area contributed by atoms with Gasteiger partial charge in [-0.2, -0.15) is 8.42 Å². The molecule has 0 fully saturated rings. The Hall–Kier alpha value is -0.270. The van der Waals surface area contributed by atoms with Crippen LogP contribution in [0.4, 0.5) is 8.78 Å². The van der Waals surface area contributed by atoms with E-state index in [1.807, 2.05) is 0 Å². The minimum absolute atomic E-state index is 0.311. The zero-order valence-corrected chi connectivity index (χ0v) is 5.90. The monoisotopic (exact) mass is 175 g/mol. The number of alkyl halides is 2. The van der Waals surface area contributed by atoms with Crippen LogP contribution in [0.25, 0.3) is 0 Å². The third kappa shape index (κ3) is 2.54. The van der Waals surface area contributed by atoms with Crippen molar-refractivity contribution in [3.05, 3.63) is 0 Å². The Morgan fingerprint density at radius 3 is 1.90 bits per heavy atom. The van der Waals surface area contributed by atoms with Gasteiger partial charge in [-0.1, -0.05) is 0 Å².